The minimum Gasteiger partial charge on any atom is -0.454 e. The monoisotopic (exact) mass is 320 g/mol. The van der Waals surface area contributed by atoms with E-state index < -0.39 is 0 Å². The third-order valence-electron chi connectivity index (χ3n) is 4.07. The smallest absolute Gasteiger partial charge is 0.409 e. The van der Waals surface area contributed by atoms with Crippen LogP contribution in [0.1, 0.15) is 12.0 Å². The van der Waals surface area contributed by atoms with E-state index in [-0.39, 0.29) is 18.8 Å². The van der Waals surface area contributed by atoms with Gasteiger partial charge in [-0.2, -0.15) is 0 Å². The number of amides is 2. The summed E-state index contributed by atoms with van der Waals surface area (Å²) in [5.74, 6) is 1.45. The van der Waals surface area contributed by atoms with Crippen LogP contribution >= 0.6 is 0 Å². The number of ether oxygens (including phenoxy) is 3. The highest BCUT2D eigenvalue weighted by Crippen LogP contribution is 2.32. The third kappa shape index (κ3) is 3.49. The van der Waals surface area contributed by atoms with E-state index in [0.29, 0.717) is 44.1 Å². The number of fused-ring (bicyclic) bond motifs is 1. The first kappa shape index (κ1) is 15.5. The minimum absolute atomic E-state index is 0.0515. The van der Waals surface area contributed by atoms with E-state index in [1.807, 2.05) is 18.2 Å². The molecule has 1 aromatic rings. The third-order valence-corrected chi connectivity index (χ3v) is 4.07. The number of nitrogens with zero attached hydrogens (tertiary/aromatic N) is 2. The van der Waals surface area contributed by atoms with E-state index in [0.717, 1.165) is 12.0 Å². The number of hydrogen-bond donors (Lipinski definition) is 0. The van der Waals surface area contributed by atoms with Gasteiger partial charge >= 0.3 is 6.09 Å². The summed E-state index contributed by atoms with van der Waals surface area (Å²) in [6.07, 6.45) is 0.728. The molecule has 0 saturated carbocycles. The molecular formula is C16H20N2O5. The van der Waals surface area contributed by atoms with Gasteiger partial charge in [-0.1, -0.05) is 6.07 Å². The van der Waals surface area contributed by atoms with Gasteiger partial charge in [0.05, 0.1) is 13.5 Å². The fourth-order valence-electron chi connectivity index (χ4n) is 2.82. The summed E-state index contributed by atoms with van der Waals surface area (Å²) in [5, 5.41) is 0. The summed E-state index contributed by atoms with van der Waals surface area (Å²) >= 11 is 0. The highest BCUT2D eigenvalue weighted by molar-refractivity contribution is 5.79. The Balaban J connectivity index is 1.59. The highest BCUT2D eigenvalue weighted by Gasteiger charge is 2.23. The topological polar surface area (TPSA) is 68.3 Å². The maximum atomic E-state index is 12.5. The maximum Gasteiger partial charge on any atom is 0.409 e. The Labute approximate surface area is 134 Å². The summed E-state index contributed by atoms with van der Waals surface area (Å²) in [5.41, 5.74) is 0.897. The molecule has 2 aliphatic heterocycles. The van der Waals surface area contributed by atoms with Crippen LogP contribution in [0.25, 0.3) is 0 Å². The molecule has 0 bridgehead atoms. The summed E-state index contributed by atoms with van der Waals surface area (Å²) in [7, 11) is 1.37. The summed E-state index contributed by atoms with van der Waals surface area (Å²) in [6.45, 7) is 2.51. The molecule has 1 saturated heterocycles. The zero-order valence-corrected chi connectivity index (χ0v) is 13.1. The molecule has 1 aromatic carbocycles. The highest BCUT2D eigenvalue weighted by atomic mass is 16.7. The number of rotatable bonds is 2. The van der Waals surface area contributed by atoms with Gasteiger partial charge < -0.3 is 24.0 Å². The van der Waals surface area contributed by atoms with Crippen LogP contribution in [-0.2, 0) is 16.0 Å². The molecule has 0 atom stereocenters. The summed E-state index contributed by atoms with van der Waals surface area (Å²) in [4.78, 5) is 27.5. The van der Waals surface area contributed by atoms with Crippen molar-refractivity contribution < 1.29 is 23.8 Å². The van der Waals surface area contributed by atoms with E-state index in [1.54, 1.807) is 9.80 Å². The fraction of sp³-hybridized carbons (Fsp3) is 0.500. The van der Waals surface area contributed by atoms with Gasteiger partial charge in [-0.25, -0.2) is 4.79 Å². The molecule has 2 aliphatic rings. The van der Waals surface area contributed by atoms with Crippen molar-refractivity contribution in [2.45, 2.75) is 12.8 Å². The fourth-order valence-corrected chi connectivity index (χ4v) is 2.82. The van der Waals surface area contributed by atoms with Gasteiger partial charge in [-0.3, -0.25) is 4.79 Å². The molecule has 1 fully saturated rings. The van der Waals surface area contributed by atoms with Gasteiger partial charge in [0.2, 0.25) is 12.7 Å². The molecule has 3 rings (SSSR count). The lowest BCUT2D eigenvalue weighted by molar-refractivity contribution is -0.130. The Kier molecular flexibility index (Phi) is 4.55. The Morgan fingerprint density at radius 1 is 1.09 bits per heavy atom. The van der Waals surface area contributed by atoms with Gasteiger partial charge in [0.15, 0.2) is 11.5 Å². The first-order valence-electron chi connectivity index (χ1n) is 7.66. The van der Waals surface area contributed by atoms with Crippen molar-refractivity contribution in [1.29, 1.82) is 0 Å². The predicted molar refractivity (Wildman–Crippen MR) is 81.4 cm³/mol. The summed E-state index contributed by atoms with van der Waals surface area (Å²) < 4.78 is 15.3. The van der Waals surface area contributed by atoms with Crippen molar-refractivity contribution in [3.05, 3.63) is 23.8 Å². The average molecular weight is 320 g/mol. The molecule has 124 valence electrons. The largest absolute Gasteiger partial charge is 0.454 e. The van der Waals surface area contributed by atoms with E-state index in [2.05, 4.69) is 0 Å². The first-order chi connectivity index (χ1) is 11.2. The molecule has 0 aromatic heterocycles. The van der Waals surface area contributed by atoms with Crippen molar-refractivity contribution >= 4 is 12.0 Å². The molecule has 0 radical (unpaired) electrons. The molecule has 0 N–H and O–H groups in total. The first-order valence-corrected chi connectivity index (χ1v) is 7.66. The van der Waals surface area contributed by atoms with Gasteiger partial charge in [0, 0.05) is 26.2 Å². The molecule has 7 heteroatoms. The van der Waals surface area contributed by atoms with Gasteiger partial charge in [0.25, 0.3) is 0 Å². The van der Waals surface area contributed by atoms with Crippen LogP contribution < -0.4 is 9.47 Å². The Hall–Kier alpha value is -2.44. The van der Waals surface area contributed by atoms with Crippen molar-refractivity contribution in [3.8, 4) is 11.5 Å². The quantitative estimate of drug-likeness (QED) is 0.820. The molecule has 7 nitrogen and oxygen atoms in total. The van der Waals surface area contributed by atoms with E-state index >= 15 is 0 Å². The second kappa shape index (κ2) is 6.76. The zero-order chi connectivity index (χ0) is 16.2. The maximum absolute atomic E-state index is 12.5. The summed E-state index contributed by atoms with van der Waals surface area (Å²) in [6, 6.07) is 5.55. The van der Waals surface area contributed by atoms with Crippen molar-refractivity contribution in [2.24, 2.45) is 0 Å². The van der Waals surface area contributed by atoms with E-state index in [4.69, 9.17) is 14.2 Å². The Morgan fingerprint density at radius 2 is 1.83 bits per heavy atom. The molecule has 0 unspecified atom stereocenters. The number of hydrogen-bond acceptors (Lipinski definition) is 5. The van der Waals surface area contributed by atoms with Gasteiger partial charge in [-0.05, 0) is 24.1 Å². The van der Waals surface area contributed by atoms with E-state index in [9.17, 15) is 9.59 Å². The number of carbonyl (C=O) groups excluding carboxylic acids is 2. The SMILES string of the molecule is COC(=O)N1CCCN(C(=O)Cc2ccc3c(c2)OCO3)CC1. The standard InChI is InChI=1S/C16H20N2O5/c1-21-16(20)18-6-2-5-17(7-8-18)15(19)10-12-3-4-13-14(9-12)23-11-22-13/h3-4,9H,2,5-8,10-11H2,1H3. The second-order valence-electron chi connectivity index (χ2n) is 5.56. The van der Waals surface area contributed by atoms with Crippen LogP contribution in [-0.4, -0.2) is 61.9 Å². The molecule has 0 spiro atoms. The lowest BCUT2D eigenvalue weighted by Gasteiger charge is -2.21. The number of carbonyl (C=O) groups is 2. The molecule has 0 aliphatic carbocycles. The van der Waals surface area contributed by atoms with Crippen molar-refractivity contribution in [3.63, 3.8) is 0 Å². The van der Waals surface area contributed by atoms with Crippen LogP contribution in [0.3, 0.4) is 0 Å². The van der Waals surface area contributed by atoms with Crippen LogP contribution in [0.2, 0.25) is 0 Å². The minimum atomic E-state index is -0.338. The Bertz CT molecular complexity index is 604. The molecular weight excluding hydrogens is 300 g/mol. The normalized spacial score (nSPS) is 16.9. The average Bonchev–Trinajstić information content (AvgIpc) is 2.88. The molecule has 2 heterocycles. The number of methoxy groups -OCH3 is 1. The second-order valence-corrected chi connectivity index (χ2v) is 5.56. The van der Waals surface area contributed by atoms with Crippen molar-refractivity contribution in [2.75, 3.05) is 40.1 Å². The van der Waals surface area contributed by atoms with E-state index in [1.165, 1.54) is 7.11 Å². The predicted octanol–water partition coefficient (Wildman–Crippen LogP) is 1.26. The van der Waals surface area contributed by atoms with Crippen LogP contribution in [0.5, 0.6) is 11.5 Å². The molecule has 2 amide bonds. The number of benzene rings is 1. The lowest BCUT2D eigenvalue weighted by Crippen LogP contribution is -2.37. The zero-order valence-electron chi connectivity index (χ0n) is 13.1. The Morgan fingerprint density at radius 3 is 2.65 bits per heavy atom. The molecule has 23 heavy (non-hydrogen) atoms. The van der Waals surface area contributed by atoms with Gasteiger partial charge in [0.1, 0.15) is 0 Å². The lowest BCUT2D eigenvalue weighted by atomic mass is 10.1. The van der Waals surface area contributed by atoms with Crippen LogP contribution in [0.15, 0.2) is 18.2 Å². The van der Waals surface area contributed by atoms with Crippen LogP contribution in [0.4, 0.5) is 4.79 Å². The van der Waals surface area contributed by atoms with Gasteiger partial charge in [-0.15, -0.1) is 0 Å². The van der Waals surface area contributed by atoms with Crippen LogP contribution in [0, 0.1) is 0 Å². The van der Waals surface area contributed by atoms with Crippen molar-refractivity contribution in [1.82, 2.24) is 9.80 Å².